The zero-order valence-electron chi connectivity index (χ0n) is 16.2. The molecule has 1 aliphatic heterocycles. The van der Waals surface area contributed by atoms with Gasteiger partial charge < -0.3 is 4.98 Å². The predicted molar refractivity (Wildman–Crippen MR) is 114 cm³/mol. The van der Waals surface area contributed by atoms with Gasteiger partial charge in [0.05, 0.1) is 0 Å². The fourth-order valence-corrected chi connectivity index (χ4v) is 4.87. The van der Waals surface area contributed by atoms with Crippen LogP contribution in [0.3, 0.4) is 0 Å². The molecule has 0 fully saturated rings. The molecule has 1 unspecified atom stereocenters. The number of aromatic amines is 1. The number of hydrogen-bond donors (Lipinski definition) is 1. The molecule has 3 aromatic rings. The van der Waals surface area contributed by atoms with Crippen LogP contribution in [0.25, 0.3) is 16.5 Å². The Balaban J connectivity index is 1.25. The Kier molecular flexibility index (Phi) is 4.37. The smallest absolute Gasteiger partial charge is 0.0458 e. The standard InChI is InChI=1S/C25H28N2/c1-18-6-9-20(10-7-18)21-12-14-27(15-13-21)17-19-8-11-25-23(16-19)22-4-2-3-5-24(22)26-25/h2-7,9-10,12,19,26H,8,11,13-17H2,1H3. The summed E-state index contributed by atoms with van der Waals surface area (Å²) in [6.45, 7) is 5.68. The molecule has 0 radical (unpaired) electrons. The highest BCUT2D eigenvalue weighted by Gasteiger charge is 2.24. The second-order valence-corrected chi connectivity index (χ2v) is 8.34. The Morgan fingerprint density at radius 2 is 1.89 bits per heavy atom. The van der Waals surface area contributed by atoms with Crippen molar-refractivity contribution in [1.29, 1.82) is 0 Å². The monoisotopic (exact) mass is 356 g/mol. The third-order valence-corrected chi connectivity index (χ3v) is 6.43. The van der Waals surface area contributed by atoms with Gasteiger partial charge in [-0.25, -0.2) is 0 Å². The quantitative estimate of drug-likeness (QED) is 0.668. The van der Waals surface area contributed by atoms with Gasteiger partial charge in [-0.1, -0.05) is 54.1 Å². The lowest BCUT2D eigenvalue weighted by molar-refractivity contribution is 0.238. The molecule has 0 spiro atoms. The van der Waals surface area contributed by atoms with Crippen molar-refractivity contribution >= 4 is 16.5 Å². The maximum atomic E-state index is 3.64. The van der Waals surface area contributed by atoms with E-state index in [0.717, 1.165) is 12.5 Å². The van der Waals surface area contributed by atoms with Crippen LogP contribution in [-0.4, -0.2) is 29.5 Å². The maximum Gasteiger partial charge on any atom is 0.0458 e. The molecule has 0 bridgehead atoms. The Labute approximate surface area is 161 Å². The number of benzene rings is 2. The van der Waals surface area contributed by atoms with Crippen molar-refractivity contribution in [3.8, 4) is 0 Å². The van der Waals surface area contributed by atoms with E-state index in [-0.39, 0.29) is 0 Å². The van der Waals surface area contributed by atoms with Crippen LogP contribution in [0.15, 0.2) is 54.6 Å². The Hall–Kier alpha value is -2.32. The van der Waals surface area contributed by atoms with Gasteiger partial charge in [-0.3, -0.25) is 4.90 Å². The van der Waals surface area contributed by atoms with E-state index in [1.807, 2.05) is 0 Å². The topological polar surface area (TPSA) is 19.0 Å². The van der Waals surface area contributed by atoms with E-state index >= 15 is 0 Å². The molecule has 2 aromatic carbocycles. The number of aromatic nitrogens is 1. The van der Waals surface area contributed by atoms with Crippen molar-refractivity contribution in [3.63, 3.8) is 0 Å². The predicted octanol–water partition coefficient (Wildman–Crippen LogP) is 5.37. The molecular weight excluding hydrogens is 328 g/mol. The first-order valence-corrected chi connectivity index (χ1v) is 10.3. The minimum atomic E-state index is 0.783. The molecule has 2 nitrogen and oxygen atoms in total. The SMILES string of the molecule is Cc1ccc(C2=CCN(CC3CCc4[nH]c5ccccc5c4C3)CC2)cc1. The third-order valence-electron chi connectivity index (χ3n) is 6.43. The Bertz CT molecular complexity index is 977. The summed E-state index contributed by atoms with van der Waals surface area (Å²) >= 11 is 0. The van der Waals surface area contributed by atoms with Crippen LogP contribution in [0.1, 0.15) is 35.2 Å². The Morgan fingerprint density at radius 3 is 2.70 bits per heavy atom. The van der Waals surface area contributed by atoms with E-state index in [1.54, 1.807) is 5.56 Å². The van der Waals surface area contributed by atoms with Gasteiger partial charge in [0.1, 0.15) is 0 Å². The third kappa shape index (κ3) is 3.35. The van der Waals surface area contributed by atoms with Crippen LogP contribution in [0.5, 0.6) is 0 Å². The lowest BCUT2D eigenvalue weighted by Gasteiger charge is -2.32. The first-order chi connectivity index (χ1) is 13.3. The van der Waals surface area contributed by atoms with Crippen LogP contribution in [0.2, 0.25) is 0 Å². The van der Waals surface area contributed by atoms with E-state index in [2.05, 4.69) is 71.4 Å². The second kappa shape index (κ2) is 7.01. The first kappa shape index (κ1) is 16.8. The zero-order chi connectivity index (χ0) is 18.2. The van der Waals surface area contributed by atoms with E-state index in [0.29, 0.717) is 0 Å². The van der Waals surface area contributed by atoms with Crippen LogP contribution in [0.4, 0.5) is 0 Å². The minimum Gasteiger partial charge on any atom is -0.358 e. The normalized spacial score (nSPS) is 20.5. The molecular formula is C25H28N2. The van der Waals surface area contributed by atoms with Gasteiger partial charge in [0.25, 0.3) is 0 Å². The van der Waals surface area contributed by atoms with Gasteiger partial charge in [0, 0.05) is 36.2 Å². The van der Waals surface area contributed by atoms with Crippen LogP contribution >= 0.6 is 0 Å². The van der Waals surface area contributed by atoms with Gasteiger partial charge in [0.2, 0.25) is 0 Å². The average Bonchev–Trinajstić information content (AvgIpc) is 3.07. The summed E-state index contributed by atoms with van der Waals surface area (Å²) in [7, 11) is 0. The summed E-state index contributed by atoms with van der Waals surface area (Å²) in [5.41, 5.74) is 8.63. The first-order valence-electron chi connectivity index (χ1n) is 10.3. The highest BCUT2D eigenvalue weighted by molar-refractivity contribution is 5.84. The zero-order valence-corrected chi connectivity index (χ0v) is 16.2. The highest BCUT2D eigenvalue weighted by Crippen LogP contribution is 2.32. The lowest BCUT2D eigenvalue weighted by Crippen LogP contribution is -2.35. The van der Waals surface area contributed by atoms with E-state index in [4.69, 9.17) is 0 Å². The van der Waals surface area contributed by atoms with Crippen molar-refractivity contribution in [2.45, 2.75) is 32.6 Å². The number of nitrogens with one attached hydrogen (secondary N) is 1. The van der Waals surface area contributed by atoms with E-state index in [1.165, 1.54) is 72.1 Å². The molecule has 2 heterocycles. The van der Waals surface area contributed by atoms with Gasteiger partial charge in [-0.2, -0.15) is 0 Å². The molecule has 0 saturated carbocycles. The number of para-hydroxylation sites is 1. The molecule has 1 aromatic heterocycles. The van der Waals surface area contributed by atoms with E-state index < -0.39 is 0 Å². The molecule has 2 heteroatoms. The van der Waals surface area contributed by atoms with Gasteiger partial charge in [-0.15, -0.1) is 0 Å². The number of hydrogen-bond acceptors (Lipinski definition) is 1. The largest absolute Gasteiger partial charge is 0.358 e. The number of H-pyrrole nitrogens is 1. The summed E-state index contributed by atoms with van der Waals surface area (Å²) in [6.07, 6.45) is 7.37. The number of fused-ring (bicyclic) bond motifs is 3. The lowest BCUT2D eigenvalue weighted by atomic mass is 9.85. The molecule has 1 atom stereocenters. The van der Waals surface area contributed by atoms with Crippen molar-refractivity contribution in [1.82, 2.24) is 9.88 Å². The molecule has 1 aliphatic carbocycles. The second-order valence-electron chi connectivity index (χ2n) is 8.34. The highest BCUT2D eigenvalue weighted by atomic mass is 15.1. The number of aryl methyl sites for hydroxylation is 2. The summed E-state index contributed by atoms with van der Waals surface area (Å²) in [5, 5.41) is 1.44. The molecule has 27 heavy (non-hydrogen) atoms. The summed E-state index contributed by atoms with van der Waals surface area (Å²) < 4.78 is 0. The number of nitrogens with zero attached hydrogens (tertiary/aromatic N) is 1. The average molecular weight is 357 g/mol. The Morgan fingerprint density at radius 1 is 1.04 bits per heavy atom. The molecule has 0 saturated heterocycles. The molecule has 2 aliphatic rings. The molecule has 0 amide bonds. The van der Waals surface area contributed by atoms with Gasteiger partial charge in [0.15, 0.2) is 0 Å². The summed E-state index contributed by atoms with van der Waals surface area (Å²) in [5.74, 6) is 0.783. The molecule has 138 valence electrons. The fourth-order valence-electron chi connectivity index (χ4n) is 4.87. The fraction of sp³-hybridized carbons (Fsp3) is 0.360. The molecule has 1 N–H and O–H groups in total. The summed E-state index contributed by atoms with van der Waals surface area (Å²) in [4.78, 5) is 6.30. The van der Waals surface area contributed by atoms with Crippen molar-refractivity contribution in [3.05, 3.63) is 77.0 Å². The van der Waals surface area contributed by atoms with Gasteiger partial charge in [-0.05, 0) is 61.3 Å². The van der Waals surface area contributed by atoms with Crippen LogP contribution in [0, 0.1) is 12.8 Å². The van der Waals surface area contributed by atoms with Gasteiger partial charge >= 0.3 is 0 Å². The summed E-state index contributed by atoms with van der Waals surface area (Å²) in [6, 6.07) is 17.8. The van der Waals surface area contributed by atoms with E-state index in [9.17, 15) is 0 Å². The van der Waals surface area contributed by atoms with Crippen molar-refractivity contribution < 1.29 is 0 Å². The van der Waals surface area contributed by atoms with Crippen molar-refractivity contribution in [2.24, 2.45) is 5.92 Å². The minimum absolute atomic E-state index is 0.783. The number of rotatable bonds is 3. The van der Waals surface area contributed by atoms with Crippen LogP contribution < -0.4 is 0 Å². The van der Waals surface area contributed by atoms with Crippen LogP contribution in [-0.2, 0) is 12.8 Å². The van der Waals surface area contributed by atoms with Crippen molar-refractivity contribution in [2.75, 3.05) is 19.6 Å². The maximum absolute atomic E-state index is 3.64. The molecule has 5 rings (SSSR count).